The number of carbonyl (C=O) groups is 1. The fourth-order valence-electron chi connectivity index (χ4n) is 2.57. The summed E-state index contributed by atoms with van der Waals surface area (Å²) >= 11 is 7.31. The van der Waals surface area contributed by atoms with Gasteiger partial charge in [-0.05, 0) is 23.8 Å². The molecule has 0 saturated heterocycles. The van der Waals surface area contributed by atoms with Gasteiger partial charge >= 0.3 is 5.69 Å². The van der Waals surface area contributed by atoms with Crippen molar-refractivity contribution in [1.82, 2.24) is 14.1 Å². The molecule has 0 saturated carbocycles. The maximum Gasteiger partial charge on any atom is 0.332 e. The van der Waals surface area contributed by atoms with E-state index in [1.165, 1.54) is 35.6 Å². The van der Waals surface area contributed by atoms with E-state index in [-0.39, 0.29) is 22.7 Å². The van der Waals surface area contributed by atoms with Crippen LogP contribution in [0.15, 0.2) is 46.1 Å². The largest absolute Gasteiger partial charge is 0.332 e. The summed E-state index contributed by atoms with van der Waals surface area (Å²) in [5.41, 5.74) is 0.867. The zero-order valence-electron chi connectivity index (χ0n) is 14.7. The van der Waals surface area contributed by atoms with Crippen molar-refractivity contribution in [3.05, 3.63) is 68.0 Å². The maximum absolute atomic E-state index is 12.3. The lowest BCUT2D eigenvalue weighted by molar-refractivity contribution is -0.113. The van der Waals surface area contributed by atoms with Gasteiger partial charge in [0.25, 0.3) is 5.56 Å². The summed E-state index contributed by atoms with van der Waals surface area (Å²) in [7, 11) is 2.95. The molecule has 0 atom stereocenters. The Labute approximate surface area is 164 Å². The normalized spacial score (nSPS) is 10.9. The molecule has 0 aliphatic heterocycles. The number of fused-ring (bicyclic) bond motifs is 1. The van der Waals surface area contributed by atoms with Gasteiger partial charge in [0.2, 0.25) is 5.91 Å². The van der Waals surface area contributed by atoms with Gasteiger partial charge in [-0.15, -0.1) is 11.8 Å². The van der Waals surface area contributed by atoms with Crippen molar-refractivity contribution in [2.24, 2.45) is 14.1 Å². The molecule has 2 heterocycles. The molecule has 0 radical (unpaired) electrons. The first-order chi connectivity index (χ1) is 12.9. The number of hydrogen-bond donors (Lipinski definition) is 1. The molecule has 0 aliphatic carbocycles. The number of halogens is 1. The van der Waals surface area contributed by atoms with Crippen molar-refractivity contribution in [3.8, 4) is 0 Å². The van der Waals surface area contributed by atoms with Crippen molar-refractivity contribution in [2.75, 3.05) is 11.1 Å². The molecule has 1 aromatic carbocycles. The van der Waals surface area contributed by atoms with Gasteiger partial charge in [-0.1, -0.05) is 23.7 Å². The van der Waals surface area contributed by atoms with Crippen LogP contribution in [0.25, 0.3) is 11.0 Å². The molecule has 27 heavy (non-hydrogen) atoms. The molecule has 3 rings (SSSR count). The molecule has 1 amide bonds. The van der Waals surface area contributed by atoms with Gasteiger partial charge in [0.15, 0.2) is 0 Å². The van der Waals surface area contributed by atoms with Crippen molar-refractivity contribution in [2.45, 2.75) is 5.75 Å². The lowest BCUT2D eigenvalue weighted by atomic mass is 10.2. The highest BCUT2D eigenvalue weighted by molar-refractivity contribution is 7.99. The third-order valence-electron chi connectivity index (χ3n) is 3.99. The van der Waals surface area contributed by atoms with Crippen LogP contribution < -0.4 is 16.6 Å². The monoisotopic (exact) mass is 404 g/mol. The van der Waals surface area contributed by atoms with Crippen LogP contribution in [-0.4, -0.2) is 25.8 Å². The van der Waals surface area contributed by atoms with Crippen LogP contribution in [0.1, 0.15) is 5.56 Å². The second-order valence-corrected chi connectivity index (χ2v) is 7.39. The summed E-state index contributed by atoms with van der Waals surface area (Å²) in [6, 6.07) is 8.99. The first kappa shape index (κ1) is 19.2. The smallest absolute Gasteiger partial charge is 0.324 e. The number of amides is 1. The van der Waals surface area contributed by atoms with Gasteiger partial charge in [0, 0.05) is 24.9 Å². The summed E-state index contributed by atoms with van der Waals surface area (Å²) < 4.78 is 2.31. The number of anilines is 1. The van der Waals surface area contributed by atoms with E-state index in [1.807, 2.05) is 24.3 Å². The van der Waals surface area contributed by atoms with E-state index in [9.17, 15) is 14.4 Å². The van der Waals surface area contributed by atoms with Crippen molar-refractivity contribution in [1.29, 1.82) is 0 Å². The minimum atomic E-state index is -0.450. The number of rotatable bonds is 5. The second-order valence-electron chi connectivity index (χ2n) is 5.97. The maximum atomic E-state index is 12.3. The number of pyridine rings is 1. The molecule has 2 aromatic heterocycles. The highest BCUT2D eigenvalue weighted by Gasteiger charge is 2.11. The fraction of sp³-hybridized carbons (Fsp3) is 0.222. The van der Waals surface area contributed by atoms with E-state index in [0.717, 1.165) is 10.1 Å². The van der Waals surface area contributed by atoms with E-state index in [4.69, 9.17) is 11.6 Å². The molecule has 9 heteroatoms. The van der Waals surface area contributed by atoms with Crippen LogP contribution in [0, 0.1) is 0 Å². The zero-order chi connectivity index (χ0) is 19.6. The summed E-state index contributed by atoms with van der Waals surface area (Å²) in [4.78, 5) is 40.5. The quantitative estimate of drug-likeness (QED) is 0.704. The van der Waals surface area contributed by atoms with Crippen molar-refractivity contribution < 1.29 is 4.79 Å². The molecule has 140 valence electrons. The number of benzene rings is 1. The molecular weight excluding hydrogens is 388 g/mol. The molecule has 7 nitrogen and oxygen atoms in total. The van der Waals surface area contributed by atoms with E-state index >= 15 is 0 Å². The first-order valence-corrected chi connectivity index (χ1v) is 9.58. The second kappa shape index (κ2) is 7.98. The van der Waals surface area contributed by atoms with Crippen LogP contribution in [0.4, 0.5) is 5.69 Å². The lowest BCUT2D eigenvalue weighted by Gasteiger charge is -2.09. The fourth-order valence-corrected chi connectivity index (χ4v) is 3.49. The Morgan fingerprint density at radius 2 is 1.89 bits per heavy atom. The number of thioether (sulfide) groups is 1. The Morgan fingerprint density at radius 3 is 2.59 bits per heavy atom. The highest BCUT2D eigenvalue weighted by atomic mass is 35.5. The number of aryl methyl sites for hydroxylation is 1. The average Bonchev–Trinajstić information content (AvgIpc) is 2.66. The van der Waals surface area contributed by atoms with Gasteiger partial charge in [-0.2, -0.15) is 0 Å². The number of nitrogens with one attached hydrogen (secondary N) is 1. The molecule has 3 aromatic rings. The minimum absolute atomic E-state index is 0.197. The van der Waals surface area contributed by atoms with Gasteiger partial charge in [-0.3, -0.25) is 18.7 Å². The third-order valence-corrected chi connectivity index (χ3v) is 5.25. The molecule has 0 bridgehead atoms. The Morgan fingerprint density at radius 1 is 1.19 bits per heavy atom. The summed E-state index contributed by atoms with van der Waals surface area (Å²) in [5, 5.41) is 3.68. The highest BCUT2D eigenvalue weighted by Crippen LogP contribution is 2.16. The standard InChI is InChI=1S/C18H17ClN4O3S/c1-22-16-14(17(25)23(2)18(22)26)7-13(8-20-16)21-15(24)10-27-9-11-3-5-12(19)6-4-11/h3-8H,9-10H2,1-2H3,(H,21,24). The predicted molar refractivity (Wildman–Crippen MR) is 108 cm³/mol. The predicted octanol–water partition coefficient (Wildman–Crippen LogP) is 2.16. The molecule has 1 N–H and O–H groups in total. The van der Waals surface area contributed by atoms with Crippen molar-refractivity contribution in [3.63, 3.8) is 0 Å². The molecular formula is C18H17ClN4O3S. The van der Waals surface area contributed by atoms with E-state index in [2.05, 4.69) is 10.3 Å². The number of hydrogen-bond acceptors (Lipinski definition) is 5. The van der Waals surface area contributed by atoms with Crippen LogP contribution in [0.3, 0.4) is 0 Å². The summed E-state index contributed by atoms with van der Waals surface area (Å²) in [6.07, 6.45) is 1.43. The van der Waals surface area contributed by atoms with Crippen LogP contribution in [-0.2, 0) is 24.6 Å². The van der Waals surface area contributed by atoms with Gasteiger partial charge in [0.1, 0.15) is 5.65 Å². The number of nitrogens with zero attached hydrogens (tertiary/aromatic N) is 3. The van der Waals surface area contributed by atoms with Gasteiger partial charge < -0.3 is 5.32 Å². The summed E-state index contributed by atoms with van der Waals surface area (Å²) in [5.74, 6) is 0.742. The SMILES string of the molecule is Cn1c(=O)c2cc(NC(=O)CSCc3ccc(Cl)cc3)cnc2n(C)c1=O. The van der Waals surface area contributed by atoms with Crippen LogP contribution in [0.2, 0.25) is 5.02 Å². The number of carbonyl (C=O) groups excluding carboxylic acids is 1. The third kappa shape index (κ3) is 4.23. The van der Waals surface area contributed by atoms with E-state index < -0.39 is 11.2 Å². The zero-order valence-corrected chi connectivity index (χ0v) is 16.3. The topological polar surface area (TPSA) is 86.0 Å². The molecule has 0 spiro atoms. The Kier molecular flexibility index (Phi) is 5.67. The van der Waals surface area contributed by atoms with Crippen LogP contribution >= 0.6 is 23.4 Å². The number of aromatic nitrogens is 3. The van der Waals surface area contributed by atoms with Crippen LogP contribution in [0.5, 0.6) is 0 Å². The molecule has 0 unspecified atom stereocenters. The Balaban J connectivity index is 1.69. The average molecular weight is 405 g/mol. The molecule has 0 fully saturated rings. The summed E-state index contributed by atoms with van der Waals surface area (Å²) in [6.45, 7) is 0. The van der Waals surface area contributed by atoms with E-state index in [1.54, 1.807) is 7.05 Å². The molecule has 0 aliphatic rings. The van der Waals surface area contributed by atoms with Gasteiger partial charge in [-0.25, -0.2) is 9.78 Å². The lowest BCUT2D eigenvalue weighted by Crippen LogP contribution is -2.37. The van der Waals surface area contributed by atoms with Crippen molar-refractivity contribution >= 4 is 46.0 Å². The Hall–Kier alpha value is -2.58. The van der Waals surface area contributed by atoms with E-state index in [0.29, 0.717) is 16.5 Å². The Bertz CT molecular complexity index is 1120. The first-order valence-electron chi connectivity index (χ1n) is 8.04. The van der Waals surface area contributed by atoms with Gasteiger partial charge in [0.05, 0.1) is 23.0 Å². The minimum Gasteiger partial charge on any atom is -0.324 e.